The van der Waals surface area contributed by atoms with Crippen LogP contribution in [-0.4, -0.2) is 34.6 Å². The maximum atomic E-state index is 5.71. The van der Waals surface area contributed by atoms with Gasteiger partial charge in [0.05, 0.1) is 20.3 Å². The van der Waals surface area contributed by atoms with Gasteiger partial charge in [-0.1, -0.05) is 0 Å². The molecule has 2 atom stereocenters. The lowest BCUT2D eigenvalue weighted by Crippen LogP contribution is -3.09. The number of ether oxygens (including phenoxy) is 2. The van der Waals surface area contributed by atoms with Gasteiger partial charge in [-0.2, -0.15) is 4.68 Å². The van der Waals surface area contributed by atoms with Gasteiger partial charge >= 0.3 is 0 Å². The van der Waals surface area contributed by atoms with Crippen molar-refractivity contribution in [1.82, 2.24) is 14.3 Å². The van der Waals surface area contributed by atoms with Crippen molar-refractivity contribution >= 4 is 12.2 Å². The Bertz CT molecular complexity index is 1040. The molecule has 0 saturated carbocycles. The minimum absolute atomic E-state index is 0.453. The van der Waals surface area contributed by atoms with Crippen molar-refractivity contribution in [2.45, 2.75) is 32.5 Å². The third-order valence-electron chi connectivity index (χ3n) is 5.82. The van der Waals surface area contributed by atoms with Gasteiger partial charge in [0.2, 0.25) is 4.77 Å². The third-order valence-corrected chi connectivity index (χ3v) is 6.30. The summed E-state index contributed by atoms with van der Waals surface area (Å²) < 4.78 is 15.5. The fourth-order valence-corrected chi connectivity index (χ4v) is 4.43. The van der Waals surface area contributed by atoms with Gasteiger partial charge in [-0.05, 0) is 67.7 Å². The van der Waals surface area contributed by atoms with E-state index in [4.69, 9.17) is 26.8 Å². The zero-order valence-electron chi connectivity index (χ0n) is 17.8. The second-order valence-corrected chi connectivity index (χ2v) is 8.02. The smallest absolute Gasteiger partial charge is 0.202 e. The summed E-state index contributed by atoms with van der Waals surface area (Å²) in [5.74, 6) is 2.63. The minimum atomic E-state index is 0.453. The molecule has 0 aliphatic carbocycles. The summed E-state index contributed by atoms with van der Waals surface area (Å²) in [7, 11) is 3.65. The lowest BCUT2D eigenvalue weighted by molar-refractivity contribution is -0.941. The van der Waals surface area contributed by atoms with Gasteiger partial charge in [-0.15, -0.1) is 5.10 Å². The summed E-state index contributed by atoms with van der Waals surface area (Å²) in [6, 6.07) is 16.9. The van der Waals surface area contributed by atoms with Gasteiger partial charge in [-0.3, -0.25) is 0 Å². The molecule has 0 amide bonds. The van der Waals surface area contributed by atoms with Crippen LogP contribution in [0, 0.1) is 4.77 Å². The van der Waals surface area contributed by atoms with Crippen LogP contribution in [0.25, 0.3) is 11.4 Å². The molecule has 2 aromatic carbocycles. The molecule has 158 valence electrons. The number of aromatic nitrogens is 3. The molecule has 2 heterocycles. The van der Waals surface area contributed by atoms with Gasteiger partial charge in [0, 0.05) is 31.0 Å². The van der Waals surface area contributed by atoms with Crippen molar-refractivity contribution < 1.29 is 14.4 Å². The van der Waals surface area contributed by atoms with Gasteiger partial charge in [0.1, 0.15) is 17.5 Å². The van der Waals surface area contributed by atoms with Crippen LogP contribution in [0.1, 0.15) is 31.4 Å². The Labute approximate surface area is 182 Å². The highest BCUT2D eigenvalue weighted by atomic mass is 32.1. The lowest BCUT2D eigenvalue weighted by Gasteiger charge is -2.21. The zero-order valence-corrected chi connectivity index (χ0v) is 18.6. The van der Waals surface area contributed by atoms with E-state index in [1.54, 1.807) is 7.11 Å². The highest BCUT2D eigenvalue weighted by Crippen LogP contribution is 2.23. The molecule has 0 spiro atoms. The standard InChI is InChI=1S/C23H28N4O2S/c1-4-29-20-13-7-17(8-14-20)21-6-5-15-26(21)16-27-23(30)25(2)22(24-27)18-9-11-19(28-3)12-10-18/h7-14,21H,4-6,15-16H2,1-3H3/p+1/t21-/m0/s1. The summed E-state index contributed by atoms with van der Waals surface area (Å²) in [6.45, 7) is 4.58. The van der Waals surface area contributed by atoms with Gasteiger partial charge in [0.25, 0.3) is 0 Å². The summed E-state index contributed by atoms with van der Waals surface area (Å²) in [4.78, 5) is 1.50. The van der Waals surface area contributed by atoms with E-state index in [0.29, 0.717) is 12.6 Å². The second kappa shape index (κ2) is 9.02. The van der Waals surface area contributed by atoms with Gasteiger partial charge < -0.3 is 18.9 Å². The Kier molecular flexibility index (Phi) is 6.20. The first kappa shape index (κ1) is 20.6. The van der Waals surface area contributed by atoms with Crippen molar-refractivity contribution in [3.63, 3.8) is 0 Å². The number of likely N-dealkylation sites (tertiary alicyclic amines) is 1. The maximum absolute atomic E-state index is 5.71. The largest absolute Gasteiger partial charge is 0.497 e. The lowest BCUT2D eigenvalue weighted by atomic mass is 10.0. The molecule has 1 unspecified atom stereocenters. The van der Waals surface area contributed by atoms with E-state index in [-0.39, 0.29) is 0 Å². The van der Waals surface area contributed by atoms with E-state index in [9.17, 15) is 0 Å². The quantitative estimate of drug-likeness (QED) is 0.590. The van der Waals surface area contributed by atoms with Crippen LogP contribution in [0.3, 0.4) is 0 Å². The average Bonchev–Trinajstić information content (AvgIpc) is 3.35. The number of quaternary nitrogens is 1. The normalized spacial score (nSPS) is 18.5. The Hall–Kier alpha value is -2.64. The van der Waals surface area contributed by atoms with Gasteiger partial charge in [0.15, 0.2) is 12.5 Å². The van der Waals surface area contributed by atoms with Crippen LogP contribution in [0.2, 0.25) is 0 Å². The van der Waals surface area contributed by atoms with Crippen LogP contribution in [0.5, 0.6) is 11.5 Å². The maximum Gasteiger partial charge on any atom is 0.202 e. The molecule has 1 aliphatic heterocycles. The molecular weight excluding hydrogens is 396 g/mol. The summed E-state index contributed by atoms with van der Waals surface area (Å²) in [6.07, 6.45) is 2.38. The van der Waals surface area contributed by atoms with Crippen molar-refractivity contribution in [3.8, 4) is 22.9 Å². The van der Waals surface area contributed by atoms with Crippen LogP contribution in [-0.2, 0) is 13.7 Å². The molecule has 1 saturated heterocycles. The first-order valence-corrected chi connectivity index (χ1v) is 10.9. The zero-order chi connectivity index (χ0) is 21.1. The monoisotopic (exact) mass is 425 g/mol. The number of benzene rings is 2. The average molecular weight is 426 g/mol. The molecule has 30 heavy (non-hydrogen) atoms. The molecule has 0 bridgehead atoms. The molecule has 1 N–H and O–H groups in total. The SMILES string of the molecule is CCOc1ccc([C@@H]2CCC[NH+]2Cn2nc(-c3ccc(OC)cc3)n(C)c2=S)cc1. The molecule has 1 fully saturated rings. The molecule has 6 nitrogen and oxygen atoms in total. The summed E-state index contributed by atoms with van der Waals surface area (Å²) >= 11 is 5.71. The van der Waals surface area contributed by atoms with E-state index < -0.39 is 0 Å². The topological polar surface area (TPSA) is 45.6 Å². The van der Waals surface area contributed by atoms with E-state index in [2.05, 4.69) is 24.3 Å². The number of hydrogen-bond donors (Lipinski definition) is 1. The third kappa shape index (κ3) is 4.13. The van der Waals surface area contributed by atoms with Crippen molar-refractivity contribution in [2.24, 2.45) is 7.05 Å². The van der Waals surface area contributed by atoms with Crippen LogP contribution >= 0.6 is 12.2 Å². The first-order chi connectivity index (χ1) is 14.6. The van der Waals surface area contributed by atoms with Crippen LogP contribution in [0.4, 0.5) is 0 Å². The molecule has 1 aliphatic rings. The highest BCUT2D eigenvalue weighted by molar-refractivity contribution is 7.71. The first-order valence-electron chi connectivity index (χ1n) is 10.5. The minimum Gasteiger partial charge on any atom is -0.497 e. The Morgan fingerprint density at radius 1 is 1.10 bits per heavy atom. The molecule has 4 rings (SSSR count). The number of hydrogen-bond acceptors (Lipinski definition) is 4. The fourth-order valence-electron chi connectivity index (χ4n) is 4.24. The molecular formula is C23H29N4O2S+. The second-order valence-electron chi connectivity index (χ2n) is 7.66. The van der Waals surface area contributed by atoms with Crippen LogP contribution < -0.4 is 14.4 Å². The number of methoxy groups -OCH3 is 1. The number of nitrogens with one attached hydrogen (secondary N) is 1. The van der Waals surface area contributed by atoms with E-state index in [1.165, 1.54) is 23.3 Å². The predicted octanol–water partition coefficient (Wildman–Crippen LogP) is 3.40. The Morgan fingerprint density at radius 2 is 1.80 bits per heavy atom. The van der Waals surface area contributed by atoms with E-state index in [0.717, 1.165) is 40.9 Å². The molecule has 1 aromatic heterocycles. The van der Waals surface area contributed by atoms with E-state index >= 15 is 0 Å². The number of nitrogens with zero attached hydrogens (tertiary/aromatic N) is 3. The van der Waals surface area contributed by atoms with Crippen molar-refractivity contribution in [1.29, 1.82) is 0 Å². The van der Waals surface area contributed by atoms with Gasteiger partial charge in [-0.25, -0.2) is 0 Å². The van der Waals surface area contributed by atoms with Crippen LogP contribution in [0.15, 0.2) is 48.5 Å². The highest BCUT2D eigenvalue weighted by Gasteiger charge is 2.31. The van der Waals surface area contributed by atoms with E-state index in [1.807, 2.05) is 47.5 Å². The Balaban J connectivity index is 1.55. The predicted molar refractivity (Wildman–Crippen MR) is 119 cm³/mol. The molecule has 0 radical (unpaired) electrons. The van der Waals surface area contributed by atoms with Crippen molar-refractivity contribution in [2.75, 3.05) is 20.3 Å². The molecule has 7 heteroatoms. The number of rotatable bonds is 7. The summed E-state index contributed by atoms with van der Waals surface area (Å²) in [5, 5.41) is 4.86. The fraction of sp³-hybridized carbons (Fsp3) is 0.391. The Morgan fingerprint density at radius 3 is 2.47 bits per heavy atom. The van der Waals surface area contributed by atoms with Crippen molar-refractivity contribution in [3.05, 3.63) is 58.9 Å². The molecule has 3 aromatic rings. The summed E-state index contributed by atoms with van der Waals surface area (Å²) in [5.41, 5.74) is 2.38.